The molecule has 7 heteroatoms. The highest BCUT2D eigenvalue weighted by Crippen LogP contribution is 2.30. The van der Waals surface area contributed by atoms with Gasteiger partial charge in [-0.25, -0.2) is 4.68 Å². The number of carbonyl (C=O) groups excluding carboxylic acids is 1. The molecule has 0 spiro atoms. The maximum atomic E-state index is 13.0. The maximum Gasteiger partial charge on any atom is 0.256 e. The topological polar surface area (TPSA) is 76.0 Å². The molecule has 3 heterocycles. The molecule has 1 aliphatic rings. The summed E-state index contributed by atoms with van der Waals surface area (Å²) in [6.45, 7) is 7.78. The average Bonchev–Trinajstić information content (AvgIpc) is 3.10. The zero-order valence-corrected chi connectivity index (χ0v) is 14.1. The van der Waals surface area contributed by atoms with Crippen molar-refractivity contribution in [3.63, 3.8) is 0 Å². The van der Waals surface area contributed by atoms with E-state index < -0.39 is 0 Å². The van der Waals surface area contributed by atoms with E-state index in [-0.39, 0.29) is 11.9 Å². The molecule has 0 aromatic carbocycles. The molecule has 7 nitrogen and oxygen atoms in total. The normalized spacial score (nSPS) is 17.4. The Bertz CT molecular complexity index is 718. The Morgan fingerprint density at radius 3 is 2.87 bits per heavy atom. The molecule has 0 fully saturated rings. The summed E-state index contributed by atoms with van der Waals surface area (Å²) in [5.74, 6) is 0.0191. The summed E-state index contributed by atoms with van der Waals surface area (Å²) >= 11 is 0. The number of hydrogen-bond acceptors (Lipinski definition) is 4. The van der Waals surface area contributed by atoms with Gasteiger partial charge in [0.25, 0.3) is 5.91 Å². The van der Waals surface area contributed by atoms with E-state index in [1.54, 1.807) is 7.11 Å². The number of nitrogens with one attached hydrogen (secondary N) is 1. The van der Waals surface area contributed by atoms with E-state index in [0.717, 1.165) is 41.3 Å². The monoisotopic (exact) mass is 317 g/mol. The molecule has 0 bridgehead atoms. The molecule has 1 amide bonds. The van der Waals surface area contributed by atoms with Crippen LogP contribution in [0.1, 0.15) is 46.1 Å². The Hall–Kier alpha value is -2.15. The van der Waals surface area contributed by atoms with Crippen molar-refractivity contribution in [2.75, 3.05) is 20.3 Å². The first-order valence-corrected chi connectivity index (χ1v) is 7.95. The molecule has 0 aliphatic carbocycles. The van der Waals surface area contributed by atoms with Crippen LogP contribution in [0.4, 0.5) is 0 Å². The number of aromatic amines is 1. The molecular formula is C16H23N5O2. The Morgan fingerprint density at radius 1 is 1.48 bits per heavy atom. The number of H-pyrrole nitrogens is 1. The van der Waals surface area contributed by atoms with Crippen LogP contribution in [0.2, 0.25) is 0 Å². The molecule has 2 aromatic rings. The van der Waals surface area contributed by atoms with Crippen molar-refractivity contribution in [3.8, 4) is 0 Å². The number of amides is 1. The highest BCUT2D eigenvalue weighted by Gasteiger charge is 2.35. The van der Waals surface area contributed by atoms with Gasteiger partial charge >= 0.3 is 0 Å². The van der Waals surface area contributed by atoms with Gasteiger partial charge in [-0.15, -0.1) is 5.10 Å². The first-order valence-electron chi connectivity index (χ1n) is 7.95. The van der Waals surface area contributed by atoms with Crippen molar-refractivity contribution in [3.05, 3.63) is 34.4 Å². The summed E-state index contributed by atoms with van der Waals surface area (Å²) in [6, 6.07) is 1.71. The van der Waals surface area contributed by atoms with E-state index in [2.05, 4.69) is 15.3 Å². The zero-order chi connectivity index (χ0) is 16.6. The van der Waals surface area contributed by atoms with E-state index in [9.17, 15) is 4.79 Å². The molecule has 0 unspecified atom stereocenters. The Labute approximate surface area is 135 Å². The van der Waals surface area contributed by atoms with E-state index in [4.69, 9.17) is 4.74 Å². The van der Waals surface area contributed by atoms with Crippen molar-refractivity contribution < 1.29 is 9.53 Å². The van der Waals surface area contributed by atoms with Crippen LogP contribution in [0, 0.1) is 13.8 Å². The Morgan fingerprint density at radius 2 is 2.26 bits per heavy atom. The third-order valence-electron chi connectivity index (χ3n) is 4.41. The molecule has 1 aliphatic heterocycles. The second-order valence-corrected chi connectivity index (χ2v) is 5.95. The van der Waals surface area contributed by atoms with E-state index in [0.29, 0.717) is 13.2 Å². The minimum Gasteiger partial charge on any atom is -0.382 e. The van der Waals surface area contributed by atoms with Crippen LogP contribution < -0.4 is 0 Å². The third-order valence-corrected chi connectivity index (χ3v) is 4.41. The largest absolute Gasteiger partial charge is 0.382 e. The molecule has 23 heavy (non-hydrogen) atoms. The highest BCUT2D eigenvalue weighted by molar-refractivity contribution is 5.96. The van der Waals surface area contributed by atoms with Gasteiger partial charge in [0.2, 0.25) is 0 Å². The van der Waals surface area contributed by atoms with Crippen molar-refractivity contribution in [2.45, 2.75) is 39.8 Å². The van der Waals surface area contributed by atoms with Crippen molar-refractivity contribution in [1.29, 1.82) is 0 Å². The predicted molar refractivity (Wildman–Crippen MR) is 85.3 cm³/mol. The van der Waals surface area contributed by atoms with Gasteiger partial charge in [0.1, 0.15) is 11.7 Å². The van der Waals surface area contributed by atoms with E-state index in [1.165, 1.54) is 0 Å². The third kappa shape index (κ3) is 2.65. The van der Waals surface area contributed by atoms with E-state index >= 15 is 0 Å². The molecule has 1 N–H and O–H groups in total. The highest BCUT2D eigenvalue weighted by atomic mass is 16.5. The lowest BCUT2D eigenvalue weighted by atomic mass is 10.0. The number of carbonyl (C=O) groups is 1. The molecule has 0 saturated heterocycles. The number of ether oxygens (including phenoxy) is 1. The number of fused-ring (bicyclic) bond motifs is 1. The lowest BCUT2D eigenvalue weighted by Gasteiger charge is -2.34. The molecule has 2 aromatic heterocycles. The summed E-state index contributed by atoms with van der Waals surface area (Å²) in [6.07, 6.45) is 0.768. The van der Waals surface area contributed by atoms with Crippen LogP contribution >= 0.6 is 0 Å². The van der Waals surface area contributed by atoms with Gasteiger partial charge in [0, 0.05) is 38.0 Å². The van der Waals surface area contributed by atoms with Gasteiger partial charge in [0.05, 0.1) is 17.9 Å². The number of aromatic nitrogens is 4. The van der Waals surface area contributed by atoms with Gasteiger partial charge in [0.15, 0.2) is 0 Å². The summed E-state index contributed by atoms with van der Waals surface area (Å²) < 4.78 is 7.26. The van der Waals surface area contributed by atoms with Crippen LogP contribution in [0.3, 0.4) is 0 Å². The maximum absolute atomic E-state index is 13.0. The second kappa shape index (κ2) is 6.16. The number of rotatable bonds is 4. The van der Waals surface area contributed by atoms with Crippen LogP contribution in [0.25, 0.3) is 0 Å². The fourth-order valence-electron chi connectivity index (χ4n) is 3.32. The van der Waals surface area contributed by atoms with Gasteiger partial charge in [-0.3, -0.25) is 4.79 Å². The Balaban J connectivity index is 1.96. The molecule has 1 atom stereocenters. The van der Waals surface area contributed by atoms with Crippen molar-refractivity contribution in [2.24, 2.45) is 0 Å². The first kappa shape index (κ1) is 15.7. The lowest BCUT2D eigenvalue weighted by Crippen LogP contribution is -2.42. The average molecular weight is 317 g/mol. The molecule has 0 radical (unpaired) electrons. The first-order chi connectivity index (χ1) is 11.1. The standard InChI is InChI=1S/C16H23N5O2/c1-5-21-13-6-7-20(14(9-23-4)15(13)18-19-21)16(22)12-8-10(2)17-11(12)3/h8,14,17H,5-7,9H2,1-4H3/t14-/m1/s1. The SMILES string of the molecule is CCn1nnc2c1CCN(C(=O)c1cc(C)[nH]c1C)[C@@H]2COC. The van der Waals surface area contributed by atoms with Gasteiger partial charge in [-0.05, 0) is 26.8 Å². The predicted octanol–water partition coefficient (Wildman–Crippen LogP) is 1.63. The molecular weight excluding hydrogens is 294 g/mol. The summed E-state index contributed by atoms with van der Waals surface area (Å²) in [7, 11) is 1.65. The van der Waals surface area contributed by atoms with E-state index in [1.807, 2.05) is 36.4 Å². The fraction of sp³-hybridized carbons (Fsp3) is 0.562. The zero-order valence-electron chi connectivity index (χ0n) is 14.1. The quantitative estimate of drug-likeness (QED) is 0.930. The summed E-state index contributed by atoms with van der Waals surface area (Å²) in [5.41, 5.74) is 4.57. The van der Waals surface area contributed by atoms with Gasteiger partial charge in [-0.1, -0.05) is 5.21 Å². The van der Waals surface area contributed by atoms with Gasteiger partial charge < -0.3 is 14.6 Å². The number of aryl methyl sites for hydroxylation is 3. The molecule has 0 saturated carbocycles. The smallest absolute Gasteiger partial charge is 0.256 e. The van der Waals surface area contributed by atoms with Crippen molar-refractivity contribution in [1.82, 2.24) is 24.9 Å². The van der Waals surface area contributed by atoms with Crippen molar-refractivity contribution >= 4 is 5.91 Å². The van der Waals surface area contributed by atoms with Crippen LogP contribution in [0.5, 0.6) is 0 Å². The summed E-state index contributed by atoms with van der Waals surface area (Å²) in [5, 5.41) is 8.52. The minimum atomic E-state index is -0.189. The van der Waals surface area contributed by atoms with Crippen LogP contribution in [0.15, 0.2) is 6.07 Å². The fourth-order valence-corrected chi connectivity index (χ4v) is 3.32. The number of methoxy groups -OCH3 is 1. The molecule has 124 valence electrons. The summed E-state index contributed by atoms with van der Waals surface area (Å²) in [4.78, 5) is 18.1. The minimum absolute atomic E-state index is 0.0191. The lowest BCUT2D eigenvalue weighted by molar-refractivity contribution is 0.0490. The number of nitrogens with zero attached hydrogens (tertiary/aromatic N) is 4. The van der Waals surface area contributed by atoms with Crippen LogP contribution in [-0.4, -0.2) is 51.0 Å². The Kier molecular flexibility index (Phi) is 4.21. The molecule has 3 rings (SSSR count). The van der Waals surface area contributed by atoms with Crippen LogP contribution in [-0.2, 0) is 17.7 Å². The number of hydrogen-bond donors (Lipinski definition) is 1. The van der Waals surface area contributed by atoms with Gasteiger partial charge in [-0.2, -0.15) is 0 Å². The second-order valence-electron chi connectivity index (χ2n) is 5.95.